The van der Waals surface area contributed by atoms with Gasteiger partial charge in [-0.05, 0) is 25.2 Å². The second-order valence-corrected chi connectivity index (χ2v) is 4.39. The zero-order valence-corrected chi connectivity index (χ0v) is 10.0. The molecule has 0 heterocycles. The van der Waals surface area contributed by atoms with E-state index < -0.39 is 12.2 Å². The molecule has 3 heteroatoms. The van der Waals surface area contributed by atoms with Crippen molar-refractivity contribution in [3.05, 3.63) is 0 Å². The summed E-state index contributed by atoms with van der Waals surface area (Å²) in [5.41, 5.74) is 0. The molecule has 0 amide bonds. The number of alkyl halides is 1. The summed E-state index contributed by atoms with van der Waals surface area (Å²) in [4.78, 5) is 0. The lowest BCUT2D eigenvalue weighted by molar-refractivity contribution is -0.0192. The van der Waals surface area contributed by atoms with E-state index in [1.54, 1.807) is 0 Å². The van der Waals surface area contributed by atoms with Crippen molar-refractivity contribution in [1.29, 1.82) is 0 Å². The third kappa shape index (κ3) is 5.84. The molecule has 0 aromatic carbocycles. The van der Waals surface area contributed by atoms with Crippen LogP contribution in [0.1, 0.15) is 46.0 Å². The van der Waals surface area contributed by atoms with Gasteiger partial charge >= 0.3 is 0 Å². The number of hydrogen-bond acceptors (Lipinski definition) is 2. The van der Waals surface area contributed by atoms with Crippen molar-refractivity contribution >= 4 is 11.6 Å². The van der Waals surface area contributed by atoms with Gasteiger partial charge in [-0.25, -0.2) is 0 Å². The minimum atomic E-state index is -0.578. The molecule has 3 unspecified atom stereocenters. The van der Waals surface area contributed by atoms with Crippen molar-refractivity contribution in [3.8, 4) is 0 Å². The van der Waals surface area contributed by atoms with Crippen molar-refractivity contribution in [2.24, 2.45) is 5.92 Å². The molecule has 0 aliphatic heterocycles. The molecule has 14 heavy (non-hydrogen) atoms. The number of aliphatic hydroxyl groups is 2. The summed E-state index contributed by atoms with van der Waals surface area (Å²) in [5, 5.41) is 19.3. The quantitative estimate of drug-likeness (QED) is 0.490. The number of rotatable bonds is 8. The maximum atomic E-state index is 9.73. The number of aliphatic hydroxyl groups excluding tert-OH is 2. The smallest absolute Gasteiger partial charge is 0.0824 e. The molecular formula is C11H23ClO2. The minimum absolute atomic E-state index is 0.166. The predicted molar refractivity (Wildman–Crippen MR) is 60.7 cm³/mol. The average Bonchev–Trinajstić information content (AvgIpc) is 2.17. The van der Waals surface area contributed by atoms with Crippen LogP contribution in [0.2, 0.25) is 0 Å². The Labute approximate surface area is 92.3 Å². The second-order valence-electron chi connectivity index (χ2n) is 4.01. The first-order valence-electron chi connectivity index (χ1n) is 5.55. The first kappa shape index (κ1) is 14.2. The van der Waals surface area contributed by atoms with E-state index in [9.17, 15) is 10.2 Å². The Hall–Kier alpha value is 0.210. The molecule has 0 radical (unpaired) electrons. The van der Waals surface area contributed by atoms with E-state index in [1.165, 1.54) is 0 Å². The molecule has 3 atom stereocenters. The van der Waals surface area contributed by atoms with Gasteiger partial charge in [0.05, 0.1) is 12.2 Å². The van der Waals surface area contributed by atoms with E-state index in [2.05, 4.69) is 0 Å². The van der Waals surface area contributed by atoms with Crippen LogP contribution in [0.15, 0.2) is 0 Å². The van der Waals surface area contributed by atoms with Crippen LogP contribution in [-0.4, -0.2) is 28.3 Å². The second kappa shape index (κ2) is 8.51. The van der Waals surface area contributed by atoms with Gasteiger partial charge in [0.1, 0.15) is 0 Å². The molecule has 0 aliphatic rings. The van der Waals surface area contributed by atoms with Crippen LogP contribution < -0.4 is 0 Å². The molecule has 0 bridgehead atoms. The summed E-state index contributed by atoms with van der Waals surface area (Å²) < 4.78 is 0. The lowest BCUT2D eigenvalue weighted by Gasteiger charge is -2.23. The van der Waals surface area contributed by atoms with Crippen LogP contribution in [0.3, 0.4) is 0 Å². The van der Waals surface area contributed by atoms with Gasteiger partial charge in [-0.15, -0.1) is 11.6 Å². The Kier molecular flexibility index (Phi) is 8.64. The summed E-state index contributed by atoms with van der Waals surface area (Å²) in [6.45, 7) is 3.99. The molecule has 0 spiro atoms. The highest BCUT2D eigenvalue weighted by Crippen LogP contribution is 2.17. The van der Waals surface area contributed by atoms with Gasteiger partial charge in [0.25, 0.3) is 0 Å². The molecule has 86 valence electrons. The normalized spacial score (nSPS) is 17.8. The zero-order chi connectivity index (χ0) is 11.0. The highest BCUT2D eigenvalue weighted by molar-refractivity contribution is 6.17. The number of hydrogen-bond donors (Lipinski definition) is 2. The zero-order valence-electron chi connectivity index (χ0n) is 9.25. The Balaban J connectivity index is 3.68. The predicted octanol–water partition coefficient (Wildman–Crippen LogP) is 2.55. The minimum Gasteiger partial charge on any atom is -0.390 e. The van der Waals surface area contributed by atoms with Gasteiger partial charge < -0.3 is 10.2 Å². The van der Waals surface area contributed by atoms with Crippen LogP contribution in [0, 0.1) is 5.92 Å². The third-order valence-corrected chi connectivity index (χ3v) is 2.87. The van der Waals surface area contributed by atoms with Crippen LogP contribution in [0.4, 0.5) is 0 Å². The van der Waals surface area contributed by atoms with Crippen LogP contribution in [0.5, 0.6) is 0 Å². The van der Waals surface area contributed by atoms with Gasteiger partial charge in [-0.1, -0.05) is 26.7 Å². The molecule has 0 saturated heterocycles. The first-order valence-corrected chi connectivity index (χ1v) is 6.09. The highest BCUT2D eigenvalue weighted by atomic mass is 35.5. The molecule has 2 nitrogen and oxygen atoms in total. The summed E-state index contributed by atoms with van der Waals surface area (Å²) in [6, 6.07) is 0. The van der Waals surface area contributed by atoms with E-state index in [0.29, 0.717) is 12.3 Å². The Morgan fingerprint density at radius 3 is 2.29 bits per heavy atom. The van der Waals surface area contributed by atoms with E-state index in [0.717, 1.165) is 25.7 Å². The van der Waals surface area contributed by atoms with Crippen molar-refractivity contribution < 1.29 is 10.2 Å². The third-order valence-electron chi connectivity index (χ3n) is 2.60. The van der Waals surface area contributed by atoms with Crippen LogP contribution in [0.25, 0.3) is 0 Å². The van der Waals surface area contributed by atoms with Gasteiger partial charge in [-0.3, -0.25) is 0 Å². The van der Waals surface area contributed by atoms with E-state index in [1.807, 2.05) is 13.8 Å². The first-order chi connectivity index (χ1) is 6.63. The fourth-order valence-corrected chi connectivity index (χ4v) is 1.77. The number of unbranched alkanes of at least 4 members (excludes halogenated alkanes) is 1. The van der Waals surface area contributed by atoms with Crippen molar-refractivity contribution in [1.82, 2.24) is 0 Å². The molecule has 0 aromatic rings. The van der Waals surface area contributed by atoms with E-state index in [4.69, 9.17) is 11.6 Å². The van der Waals surface area contributed by atoms with Crippen LogP contribution >= 0.6 is 11.6 Å². The van der Waals surface area contributed by atoms with E-state index in [-0.39, 0.29) is 5.92 Å². The fourth-order valence-electron chi connectivity index (χ4n) is 1.58. The van der Waals surface area contributed by atoms with Gasteiger partial charge in [-0.2, -0.15) is 0 Å². The van der Waals surface area contributed by atoms with Crippen LogP contribution in [-0.2, 0) is 0 Å². The SMILES string of the molecule is CCCC(O)C(O)C(C)CCCCCl. The molecular weight excluding hydrogens is 200 g/mol. The van der Waals surface area contributed by atoms with Gasteiger partial charge in [0.15, 0.2) is 0 Å². The lowest BCUT2D eigenvalue weighted by Crippen LogP contribution is -2.31. The molecule has 0 saturated carbocycles. The Morgan fingerprint density at radius 2 is 1.79 bits per heavy atom. The monoisotopic (exact) mass is 222 g/mol. The largest absolute Gasteiger partial charge is 0.390 e. The summed E-state index contributed by atoms with van der Waals surface area (Å²) >= 11 is 5.56. The molecule has 0 fully saturated rings. The molecule has 2 N–H and O–H groups in total. The van der Waals surface area contributed by atoms with Crippen molar-refractivity contribution in [2.45, 2.75) is 58.2 Å². The summed E-state index contributed by atoms with van der Waals surface area (Å²) in [6.07, 6.45) is 3.40. The van der Waals surface area contributed by atoms with Gasteiger partial charge in [0, 0.05) is 5.88 Å². The standard InChI is InChI=1S/C11H23ClO2/c1-3-6-10(13)11(14)9(2)7-4-5-8-12/h9-11,13-14H,3-8H2,1-2H3. The topological polar surface area (TPSA) is 40.5 Å². The molecule has 0 aromatic heterocycles. The van der Waals surface area contributed by atoms with E-state index >= 15 is 0 Å². The maximum absolute atomic E-state index is 9.73. The average molecular weight is 223 g/mol. The molecule has 0 rings (SSSR count). The lowest BCUT2D eigenvalue weighted by atomic mass is 9.92. The highest BCUT2D eigenvalue weighted by Gasteiger charge is 2.21. The molecule has 0 aliphatic carbocycles. The Bertz CT molecular complexity index is 130. The summed E-state index contributed by atoms with van der Waals surface area (Å²) in [7, 11) is 0. The van der Waals surface area contributed by atoms with Gasteiger partial charge in [0.2, 0.25) is 0 Å². The maximum Gasteiger partial charge on any atom is 0.0824 e. The number of halogens is 1. The fraction of sp³-hybridized carbons (Fsp3) is 1.00. The Morgan fingerprint density at radius 1 is 1.14 bits per heavy atom. The summed E-state index contributed by atoms with van der Waals surface area (Å²) in [5.74, 6) is 0.847. The van der Waals surface area contributed by atoms with Crippen molar-refractivity contribution in [2.75, 3.05) is 5.88 Å². The van der Waals surface area contributed by atoms with Crippen molar-refractivity contribution in [3.63, 3.8) is 0 Å².